The van der Waals surface area contributed by atoms with Crippen LogP contribution in [0.4, 0.5) is 4.39 Å². The van der Waals surface area contributed by atoms with E-state index < -0.39 is 17.3 Å². The SMILES string of the molecule is CCC(O)(CC)CNC(=O)c1c(F)cccc1Br. The van der Waals surface area contributed by atoms with Gasteiger partial charge in [-0.3, -0.25) is 4.79 Å². The number of aliphatic hydroxyl groups is 1. The van der Waals surface area contributed by atoms with E-state index in [1.165, 1.54) is 12.1 Å². The largest absolute Gasteiger partial charge is 0.388 e. The summed E-state index contributed by atoms with van der Waals surface area (Å²) in [5.74, 6) is -1.11. The zero-order valence-corrected chi connectivity index (χ0v) is 12.1. The van der Waals surface area contributed by atoms with Crippen molar-refractivity contribution in [2.45, 2.75) is 32.3 Å². The lowest BCUT2D eigenvalue weighted by atomic mass is 9.97. The Morgan fingerprint density at radius 2 is 2.06 bits per heavy atom. The lowest BCUT2D eigenvalue weighted by Crippen LogP contribution is -2.42. The summed E-state index contributed by atoms with van der Waals surface area (Å²) in [6.07, 6.45) is 1.06. The van der Waals surface area contributed by atoms with Crippen LogP contribution >= 0.6 is 15.9 Å². The topological polar surface area (TPSA) is 49.3 Å². The molecule has 0 saturated heterocycles. The molecule has 2 N–H and O–H groups in total. The summed E-state index contributed by atoms with van der Waals surface area (Å²) in [6, 6.07) is 4.35. The molecule has 3 nitrogen and oxygen atoms in total. The Bertz CT molecular complexity index is 413. The monoisotopic (exact) mass is 317 g/mol. The first kappa shape index (κ1) is 15.1. The van der Waals surface area contributed by atoms with E-state index in [1.54, 1.807) is 6.07 Å². The quantitative estimate of drug-likeness (QED) is 0.877. The first-order valence-electron chi connectivity index (χ1n) is 5.88. The minimum absolute atomic E-state index is 0.0351. The van der Waals surface area contributed by atoms with E-state index in [1.807, 2.05) is 13.8 Å². The molecule has 0 fully saturated rings. The zero-order valence-electron chi connectivity index (χ0n) is 10.5. The van der Waals surface area contributed by atoms with Crippen LogP contribution in [0.5, 0.6) is 0 Å². The first-order chi connectivity index (χ1) is 8.43. The number of rotatable bonds is 5. The molecule has 0 aliphatic carbocycles. The fraction of sp³-hybridized carbons (Fsp3) is 0.462. The van der Waals surface area contributed by atoms with Crippen LogP contribution in [0.25, 0.3) is 0 Å². The molecule has 100 valence electrons. The molecule has 0 saturated carbocycles. The maximum atomic E-state index is 13.5. The van der Waals surface area contributed by atoms with Crippen LogP contribution < -0.4 is 5.32 Å². The molecule has 0 heterocycles. The van der Waals surface area contributed by atoms with Crippen LogP contribution in [-0.4, -0.2) is 23.2 Å². The molecule has 1 rings (SSSR count). The van der Waals surface area contributed by atoms with Crippen LogP contribution in [0.3, 0.4) is 0 Å². The van der Waals surface area contributed by atoms with Crippen LogP contribution in [-0.2, 0) is 0 Å². The number of benzene rings is 1. The Hall–Kier alpha value is -0.940. The van der Waals surface area contributed by atoms with Crippen molar-refractivity contribution >= 4 is 21.8 Å². The Balaban J connectivity index is 2.78. The van der Waals surface area contributed by atoms with Gasteiger partial charge in [-0.05, 0) is 40.9 Å². The molecule has 0 aliphatic heterocycles. The molecule has 1 aromatic carbocycles. The molecule has 0 aliphatic rings. The maximum absolute atomic E-state index is 13.5. The standard InChI is InChI=1S/C13H17BrFNO2/c1-3-13(18,4-2)8-16-12(17)11-9(14)6-5-7-10(11)15/h5-7,18H,3-4,8H2,1-2H3,(H,16,17). The average Bonchev–Trinajstić information content (AvgIpc) is 2.36. The van der Waals surface area contributed by atoms with E-state index >= 15 is 0 Å². The van der Waals surface area contributed by atoms with E-state index in [0.717, 1.165) is 0 Å². The lowest BCUT2D eigenvalue weighted by molar-refractivity contribution is 0.0313. The van der Waals surface area contributed by atoms with Gasteiger partial charge in [-0.1, -0.05) is 19.9 Å². The molecule has 0 spiro atoms. The Labute approximate surface area is 115 Å². The first-order valence-corrected chi connectivity index (χ1v) is 6.67. The minimum atomic E-state index is -0.937. The molecule has 0 aromatic heterocycles. The van der Waals surface area contributed by atoms with E-state index in [2.05, 4.69) is 21.2 Å². The van der Waals surface area contributed by atoms with E-state index in [4.69, 9.17) is 0 Å². The van der Waals surface area contributed by atoms with Gasteiger partial charge in [0.1, 0.15) is 5.82 Å². The van der Waals surface area contributed by atoms with Gasteiger partial charge in [-0.2, -0.15) is 0 Å². The molecule has 1 amide bonds. The Morgan fingerprint density at radius 3 is 2.56 bits per heavy atom. The fourth-order valence-corrected chi connectivity index (χ4v) is 2.07. The highest BCUT2D eigenvalue weighted by atomic mass is 79.9. The maximum Gasteiger partial charge on any atom is 0.255 e. The smallest absolute Gasteiger partial charge is 0.255 e. The summed E-state index contributed by atoms with van der Waals surface area (Å²) in [5, 5.41) is 12.6. The predicted octanol–water partition coefficient (Wildman–Crippen LogP) is 2.87. The van der Waals surface area contributed by atoms with Gasteiger partial charge in [-0.25, -0.2) is 4.39 Å². The van der Waals surface area contributed by atoms with Gasteiger partial charge in [0.2, 0.25) is 0 Å². The van der Waals surface area contributed by atoms with E-state index in [-0.39, 0.29) is 12.1 Å². The third-order valence-corrected chi connectivity index (χ3v) is 3.74. The van der Waals surface area contributed by atoms with Crippen molar-refractivity contribution in [1.29, 1.82) is 0 Å². The molecule has 0 radical (unpaired) electrons. The summed E-state index contributed by atoms with van der Waals surface area (Å²) in [5.41, 5.74) is -0.972. The average molecular weight is 318 g/mol. The summed E-state index contributed by atoms with van der Waals surface area (Å²) >= 11 is 3.14. The van der Waals surface area contributed by atoms with Gasteiger partial charge in [0, 0.05) is 11.0 Å². The van der Waals surface area contributed by atoms with Crippen molar-refractivity contribution in [3.05, 3.63) is 34.1 Å². The Morgan fingerprint density at radius 1 is 1.44 bits per heavy atom. The van der Waals surface area contributed by atoms with Crippen molar-refractivity contribution in [3.63, 3.8) is 0 Å². The lowest BCUT2D eigenvalue weighted by Gasteiger charge is -2.25. The van der Waals surface area contributed by atoms with Crippen LogP contribution in [0.15, 0.2) is 22.7 Å². The molecular weight excluding hydrogens is 301 g/mol. The highest BCUT2D eigenvalue weighted by molar-refractivity contribution is 9.10. The second-order valence-electron chi connectivity index (χ2n) is 4.21. The van der Waals surface area contributed by atoms with Crippen molar-refractivity contribution in [2.24, 2.45) is 0 Å². The van der Waals surface area contributed by atoms with E-state index in [0.29, 0.717) is 17.3 Å². The number of halogens is 2. The van der Waals surface area contributed by atoms with Crippen molar-refractivity contribution < 1.29 is 14.3 Å². The summed E-state index contributed by atoms with van der Waals surface area (Å²) in [6.45, 7) is 3.79. The molecule has 1 aromatic rings. The summed E-state index contributed by atoms with van der Waals surface area (Å²) in [7, 11) is 0. The van der Waals surface area contributed by atoms with Gasteiger partial charge in [-0.15, -0.1) is 0 Å². The second kappa shape index (κ2) is 6.29. The van der Waals surface area contributed by atoms with Gasteiger partial charge < -0.3 is 10.4 Å². The molecule has 5 heteroatoms. The molecular formula is C13H17BrFNO2. The fourth-order valence-electron chi connectivity index (χ4n) is 1.55. The Kier molecular flexibility index (Phi) is 5.28. The highest BCUT2D eigenvalue weighted by Crippen LogP contribution is 2.20. The molecule has 0 unspecified atom stereocenters. The third kappa shape index (κ3) is 3.53. The zero-order chi connectivity index (χ0) is 13.8. The predicted molar refractivity (Wildman–Crippen MR) is 72.0 cm³/mol. The number of amides is 1. The van der Waals surface area contributed by atoms with Gasteiger partial charge in [0.25, 0.3) is 5.91 Å². The third-order valence-electron chi connectivity index (χ3n) is 3.08. The van der Waals surface area contributed by atoms with Gasteiger partial charge in [0.05, 0.1) is 11.2 Å². The van der Waals surface area contributed by atoms with Crippen LogP contribution in [0.1, 0.15) is 37.0 Å². The number of hydrogen-bond acceptors (Lipinski definition) is 2. The summed E-state index contributed by atoms with van der Waals surface area (Å²) in [4.78, 5) is 11.9. The minimum Gasteiger partial charge on any atom is -0.388 e. The number of carbonyl (C=O) groups is 1. The van der Waals surface area contributed by atoms with Crippen molar-refractivity contribution in [2.75, 3.05) is 6.54 Å². The van der Waals surface area contributed by atoms with Crippen molar-refractivity contribution in [3.8, 4) is 0 Å². The molecule has 0 atom stereocenters. The molecule has 0 bridgehead atoms. The number of nitrogens with one attached hydrogen (secondary N) is 1. The van der Waals surface area contributed by atoms with Crippen molar-refractivity contribution in [1.82, 2.24) is 5.32 Å². The summed E-state index contributed by atoms with van der Waals surface area (Å²) < 4.78 is 13.9. The van der Waals surface area contributed by atoms with Crippen LogP contribution in [0.2, 0.25) is 0 Å². The normalized spacial score (nSPS) is 11.4. The second-order valence-corrected chi connectivity index (χ2v) is 5.07. The molecule has 18 heavy (non-hydrogen) atoms. The number of carbonyl (C=O) groups excluding carboxylic acids is 1. The van der Waals surface area contributed by atoms with E-state index in [9.17, 15) is 14.3 Å². The highest BCUT2D eigenvalue weighted by Gasteiger charge is 2.24. The van der Waals surface area contributed by atoms with Gasteiger partial charge in [0.15, 0.2) is 0 Å². The van der Waals surface area contributed by atoms with Crippen LogP contribution in [0, 0.1) is 5.82 Å². The van der Waals surface area contributed by atoms with Gasteiger partial charge >= 0.3 is 0 Å². The number of hydrogen-bond donors (Lipinski definition) is 2.